The zero-order valence-electron chi connectivity index (χ0n) is 20.1. The van der Waals surface area contributed by atoms with Crippen molar-refractivity contribution in [3.63, 3.8) is 0 Å². The highest BCUT2D eigenvalue weighted by molar-refractivity contribution is 7.98. The molecule has 1 heterocycles. The summed E-state index contributed by atoms with van der Waals surface area (Å²) in [4.78, 5) is 15.6. The third-order valence-corrected chi connectivity index (χ3v) is 9.26. The summed E-state index contributed by atoms with van der Waals surface area (Å²) in [5, 5.41) is 0. The lowest BCUT2D eigenvalue weighted by Gasteiger charge is -2.37. The molecule has 33 heavy (non-hydrogen) atoms. The van der Waals surface area contributed by atoms with Gasteiger partial charge in [-0.15, -0.1) is 11.8 Å². The van der Waals surface area contributed by atoms with E-state index in [1.165, 1.54) is 24.9 Å². The van der Waals surface area contributed by atoms with E-state index >= 15 is 0 Å². The second-order valence-corrected chi connectivity index (χ2v) is 11.7. The van der Waals surface area contributed by atoms with Crippen molar-refractivity contribution in [2.45, 2.75) is 62.2 Å². The number of rotatable bonds is 9. The fourth-order valence-corrected chi connectivity index (χ4v) is 7.48. The second kappa shape index (κ2) is 11.0. The van der Waals surface area contributed by atoms with Gasteiger partial charge in [0.05, 0.1) is 29.0 Å². The monoisotopic (exact) mass is 489 g/mol. The Kier molecular flexibility index (Phi) is 8.51. The Bertz CT molecular complexity index is 1060. The van der Waals surface area contributed by atoms with E-state index < -0.39 is 15.8 Å². The molecule has 7 heteroatoms. The first-order chi connectivity index (χ1) is 15.8. The number of carbonyl (C=O) groups excluding carboxylic acids is 1. The van der Waals surface area contributed by atoms with Gasteiger partial charge in [-0.3, -0.25) is 0 Å². The van der Waals surface area contributed by atoms with Crippen molar-refractivity contribution in [2.24, 2.45) is 5.41 Å². The Labute approximate surface area is 202 Å². The van der Waals surface area contributed by atoms with E-state index in [-0.39, 0.29) is 16.1 Å². The summed E-state index contributed by atoms with van der Waals surface area (Å²) >= 11 is 1.42. The number of methoxy groups -OCH3 is 1. The van der Waals surface area contributed by atoms with Crippen LogP contribution in [0.1, 0.15) is 62.7 Å². The number of esters is 1. The first kappa shape index (κ1) is 25.6. The standard InChI is InChI=1S/C26H35NO4S2/c1-5-7-14-26(15-8-6-2)18-27(20-12-10-9-11-13-20)22-17-23(32-4)21(25(28)31-3)16-24(22)33(29,30)19-26/h9-13,16-17H,5-8,14-15,18-19H2,1-4H3. The van der Waals surface area contributed by atoms with E-state index in [1.807, 2.05) is 42.7 Å². The summed E-state index contributed by atoms with van der Waals surface area (Å²) in [7, 11) is -2.31. The van der Waals surface area contributed by atoms with Gasteiger partial charge in [0.2, 0.25) is 0 Å². The van der Waals surface area contributed by atoms with Crippen LogP contribution in [-0.2, 0) is 14.6 Å². The molecule has 0 spiro atoms. The Hall–Kier alpha value is -1.99. The predicted molar refractivity (Wildman–Crippen MR) is 137 cm³/mol. The van der Waals surface area contributed by atoms with Gasteiger partial charge in [-0.05, 0) is 43.4 Å². The lowest BCUT2D eigenvalue weighted by atomic mass is 9.79. The van der Waals surface area contributed by atoms with Crippen LogP contribution in [0, 0.1) is 5.41 Å². The summed E-state index contributed by atoms with van der Waals surface area (Å²) in [5.41, 5.74) is 1.55. The van der Waals surface area contributed by atoms with E-state index in [9.17, 15) is 13.2 Å². The number of fused-ring (bicyclic) bond motifs is 1. The van der Waals surface area contributed by atoms with E-state index in [0.29, 0.717) is 22.7 Å². The first-order valence-electron chi connectivity index (χ1n) is 11.7. The van der Waals surface area contributed by atoms with Crippen LogP contribution in [0.4, 0.5) is 11.4 Å². The number of unbranched alkanes of at least 4 members (excludes halogenated alkanes) is 2. The number of para-hydroxylation sites is 1. The minimum absolute atomic E-state index is 0.0928. The van der Waals surface area contributed by atoms with Crippen LogP contribution in [0.25, 0.3) is 0 Å². The SMILES string of the molecule is CCCCC1(CCCC)CN(c2ccccc2)c2cc(SC)c(C(=O)OC)cc2S(=O)(=O)C1. The molecule has 0 bridgehead atoms. The Balaban J connectivity index is 2.29. The van der Waals surface area contributed by atoms with Gasteiger partial charge in [-0.2, -0.15) is 0 Å². The van der Waals surface area contributed by atoms with Gasteiger partial charge in [0.1, 0.15) is 0 Å². The molecule has 0 fully saturated rings. The summed E-state index contributed by atoms with van der Waals surface area (Å²) in [6.45, 7) is 4.93. The third kappa shape index (κ3) is 5.57. The van der Waals surface area contributed by atoms with Crippen LogP contribution in [0.15, 0.2) is 52.3 Å². The van der Waals surface area contributed by atoms with Gasteiger partial charge in [0.15, 0.2) is 9.84 Å². The smallest absolute Gasteiger partial charge is 0.339 e. The van der Waals surface area contributed by atoms with Crippen LogP contribution in [0.3, 0.4) is 0 Å². The molecule has 2 aromatic rings. The molecule has 0 N–H and O–H groups in total. The topological polar surface area (TPSA) is 63.7 Å². The maximum absolute atomic E-state index is 13.9. The number of hydrogen-bond acceptors (Lipinski definition) is 6. The molecule has 2 aromatic carbocycles. The van der Waals surface area contributed by atoms with Crippen LogP contribution in [0.2, 0.25) is 0 Å². The Morgan fingerprint density at radius 2 is 1.73 bits per heavy atom. The molecule has 0 atom stereocenters. The summed E-state index contributed by atoms with van der Waals surface area (Å²) in [5.74, 6) is -0.425. The molecule has 1 aliphatic rings. The van der Waals surface area contributed by atoms with Crippen LogP contribution in [-0.4, -0.2) is 40.1 Å². The molecule has 0 amide bonds. The minimum atomic E-state index is -3.64. The predicted octanol–water partition coefficient (Wildman–Crippen LogP) is 6.49. The molecule has 0 saturated heterocycles. The zero-order chi connectivity index (χ0) is 24.1. The number of benzene rings is 2. The molecule has 1 aliphatic heterocycles. The van der Waals surface area contributed by atoms with Crippen LogP contribution >= 0.6 is 11.8 Å². The maximum Gasteiger partial charge on any atom is 0.339 e. The van der Waals surface area contributed by atoms with Crippen molar-refractivity contribution in [2.75, 3.05) is 30.6 Å². The summed E-state index contributed by atoms with van der Waals surface area (Å²) in [6, 6.07) is 13.4. The number of carbonyl (C=O) groups is 1. The van der Waals surface area contributed by atoms with Crippen molar-refractivity contribution in [3.05, 3.63) is 48.0 Å². The summed E-state index contributed by atoms with van der Waals surface area (Å²) < 4.78 is 32.7. The van der Waals surface area contributed by atoms with Gasteiger partial charge in [0.25, 0.3) is 0 Å². The summed E-state index contributed by atoms with van der Waals surface area (Å²) in [6.07, 6.45) is 7.63. The molecule has 180 valence electrons. The number of ether oxygens (including phenoxy) is 1. The van der Waals surface area contributed by atoms with Crippen LogP contribution < -0.4 is 4.90 Å². The lowest BCUT2D eigenvalue weighted by molar-refractivity contribution is 0.0596. The van der Waals surface area contributed by atoms with E-state index in [0.717, 1.165) is 44.2 Å². The van der Waals surface area contributed by atoms with Gasteiger partial charge in [-0.25, -0.2) is 13.2 Å². The number of thioether (sulfide) groups is 1. The van der Waals surface area contributed by atoms with Gasteiger partial charge in [0, 0.05) is 22.5 Å². The normalized spacial score (nSPS) is 16.7. The number of sulfone groups is 1. The van der Waals surface area contributed by atoms with E-state index in [1.54, 1.807) is 0 Å². The van der Waals surface area contributed by atoms with Gasteiger partial charge < -0.3 is 9.64 Å². The fraction of sp³-hybridized carbons (Fsp3) is 0.500. The van der Waals surface area contributed by atoms with Gasteiger partial charge >= 0.3 is 5.97 Å². The molecule has 0 saturated carbocycles. The largest absolute Gasteiger partial charge is 0.465 e. The molecule has 0 aromatic heterocycles. The van der Waals surface area contributed by atoms with Crippen molar-refractivity contribution >= 4 is 38.9 Å². The molecule has 0 aliphatic carbocycles. The van der Waals surface area contributed by atoms with Gasteiger partial charge in [-0.1, -0.05) is 57.7 Å². The lowest BCUT2D eigenvalue weighted by Crippen LogP contribution is -2.38. The van der Waals surface area contributed by atoms with Crippen molar-refractivity contribution in [3.8, 4) is 0 Å². The molecule has 5 nitrogen and oxygen atoms in total. The van der Waals surface area contributed by atoms with Crippen molar-refractivity contribution < 1.29 is 17.9 Å². The molecule has 3 rings (SSSR count). The van der Waals surface area contributed by atoms with E-state index in [2.05, 4.69) is 18.7 Å². The maximum atomic E-state index is 13.9. The molecule has 0 unspecified atom stereocenters. The van der Waals surface area contributed by atoms with Crippen LogP contribution in [0.5, 0.6) is 0 Å². The zero-order valence-corrected chi connectivity index (χ0v) is 21.7. The minimum Gasteiger partial charge on any atom is -0.465 e. The molecular formula is C26H35NO4S2. The Morgan fingerprint density at radius 1 is 1.09 bits per heavy atom. The van der Waals surface area contributed by atoms with Crippen molar-refractivity contribution in [1.82, 2.24) is 0 Å². The molecular weight excluding hydrogens is 454 g/mol. The van der Waals surface area contributed by atoms with Crippen molar-refractivity contribution in [1.29, 1.82) is 0 Å². The number of nitrogens with zero attached hydrogens (tertiary/aromatic N) is 1. The van der Waals surface area contributed by atoms with E-state index in [4.69, 9.17) is 4.74 Å². The highest BCUT2D eigenvalue weighted by Crippen LogP contribution is 2.46. The average Bonchev–Trinajstić information content (AvgIpc) is 2.92. The number of hydrogen-bond donors (Lipinski definition) is 0. The first-order valence-corrected chi connectivity index (χ1v) is 14.5. The molecule has 0 radical (unpaired) electrons. The highest BCUT2D eigenvalue weighted by Gasteiger charge is 2.42. The average molecular weight is 490 g/mol. The Morgan fingerprint density at radius 3 is 2.27 bits per heavy atom. The number of anilines is 2. The highest BCUT2D eigenvalue weighted by atomic mass is 32.2. The fourth-order valence-electron chi connectivity index (χ4n) is 4.76. The quantitative estimate of drug-likeness (QED) is 0.296. The third-order valence-electron chi connectivity index (χ3n) is 6.49. The second-order valence-electron chi connectivity index (χ2n) is 8.90.